The number of rotatable bonds is 6. The van der Waals surface area contributed by atoms with Crippen molar-refractivity contribution in [2.45, 2.75) is 26.2 Å². The van der Waals surface area contributed by atoms with E-state index in [4.69, 9.17) is 11.6 Å². The van der Waals surface area contributed by atoms with Gasteiger partial charge in [-0.2, -0.15) is 5.10 Å². The SMILES string of the molecule is Cc1cc(C)n(-c2ccc(Cl)c(C(=O)NCCN3CCC(c4ccccc4)C3)c2)n1. The molecule has 1 aliphatic rings. The van der Waals surface area contributed by atoms with Gasteiger partial charge in [0.2, 0.25) is 0 Å². The molecule has 30 heavy (non-hydrogen) atoms. The van der Waals surface area contributed by atoms with E-state index in [9.17, 15) is 4.79 Å². The number of aromatic nitrogens is 2. The molecule has 156 valence electrons. The summed E-state index contributed by atoms with van der Waals surface area (Å²) < 4.78 is 1.83. The topological polar surface area (TPSA) is 50.2 Å². The highest BCUT2D eigenvalue weighted by Crippen LogP contribution is 2.26. The highest BCUT2D eigenvalue weighted by atomic mass is 35.5. The maximum atomic E-state index is 12.8. The van der Waals surface area contributed by atoms with E-state index in [1.807, 2.05) is 30.7 Å². The van der Waals surface area contributed by atoms with E-state index in [0.29, 0.717) is 23.0 Å². The third-order valence-electron chi connectivity index (χ3n) is 5.71. The number of aryl methyl sites for hydroxylation is 2. The molecule has 1 N–H and O–H groups in total. The van der Waals surface area contributed by atoms with Crippen molar-refractivity contribution in [1.82, 2.24) is 20.0 Å². The Labute approximate surface area is 182 Å². The van der Waals surface area contributed by atoms with Crippen molar-refractivity contribution in [3.63, 3.8) is 0 Å². The Morgan fingerprint density at radius 1 is 1.17 bits per heavy atom. The van der Waals surface area contributed by atoms with Crippen LogP contribution < -0.4 is 5.32 Å². The van der Waals surface area contributed by atoms with Crippen LogP contribution >= 0.6 is 11.6 Å². The molecule has 0 bridgehead atoms. The second-order valence-electron chi connectivity index (χ2n) is 7.96. The van der Waals surface area contributed by atoms with Gasteiger partial charge in [0, 0.05) is 25.3 Å². The lowest BCUT2D eigenvalue weighted by Gasteiger charge is -2.17. The summed E-state index contributed by atoms with van der Waals surface area (Å²) >= 11 is 6.32. The Balaban J connectivity index is 1.34. The minimum Gasteiger partial charge on any atom is -0.351 e. The van der Waals surface area contributed by atoms with Crippen LogP contribution in [-0.4, -0.2) is 46.8 Å². The van der Waals surface area contributed by atoms with E-state index < -0.39 is 0 Å². The highest BCUT2D eigenvalue weighted by Gasteiger charge is 2.23. The fourth-order valence-corrected chi connectivity index (χ4v) is 4.37. The molecule has 1 amide bonds. The molecule has 1 atom stereocenters. The Morgan fingerprint density at radius 2 is 1.97 bits per heavy atom. The number of carbonyl (C=O) groups is 1. The van der Waals surface area contributed by atoms with E-state index in [2.05, 4.69) is 45.6 Å². The molecule has 2 aromatic carbocycles. The molecule has 0 saturated carbocycles. The second-order valence-corrected chi connectivity index (χ2v) is 8.36. The van der Waals surface area contributed by atoms with Gasteiger partial charge in [0.05, 0.1) is 22.0 Å². The van der Waals surface area contributed by atoms with Crippen LogP contribution in [0.25, 0.3) is 5.69 Å². The van der Waals surface area contributed by atoms with Gasteiger partial charge in [-0.25, -0.2) is 4.68 Å². The molecule has 0 aliphatic carbocycles. The van der Waals surface area contributed by atoms with Crippen molar-refractivity contribution in [2.24, 2.45) is 0 Å². The molecule has 0 radical (unpaired) electrons. The minimum absolute atomic E-state index is 0.151. The lowest BCUT2D eigenvalue weighted by atomic mass is 9.99. The van der Waals surface area contributed by atoms with E-state index in [1.165, 1.54) is 5.56 Å². The van der Waals surface area contributed by atoms with Gasteiger partial charge in [-0.3, -0.25) is 4.79 Å². The summed E-state index contributed by atoms with van der Waals surface area (Å²) in [6, 6.07) is 18.1. The summed E-state index contributed by atoms with van der Waals surface area (Å²) in [4.78, 5) is 15.2. The van der Waals surface area contributed by atoms with Crippen molar-refractivity contribution in [3.8, 4) is 5.69 Å². The summed E-state index contributed by atoms with van der Waals surface area (Å²) in [5.74, 6) is 0.427. The lowest BCUT2D eigenvalue weighted by molar-refractivity contribution is 0.0950. The number of halogens is 1. The van der Waals surface area contributed by atoms with Crippen LogP contribution in [0.3, 0.4) is 0 Å². The molecule has 5 nitrogen and oxygen atoms in total. The second kappa shape index (κ2) is 9.02. The van der Waals surface area contributed by atoms with Crippen LogP contribution in [0.15, 0.2) is 54.6 Å². The molecule has 1 aromatic heterocycles. The monoisotopic (exact) mass is 422 g/mol. The fourth-order valence-electron chi connectivity index (χ4n) is 4.17. The van der Waals surface area contributed by atoms with Gasteiger partial charge in [0.25, 0.3) is 5.91 Å². The van der Waals surface area contributed by atoms with Crippen molar-refractivity contribution in [2.75, 3.05) is 26.2 Å². The standard InChI is InChI=1S/C24H27ClN4O/c1-17-14-18(2)29(27-17)21-8-9-23(25)22(15-21)24(30)26-11-13-28-12-10-20(16-28)19-6-4-3-5-7-19/h3-9,14-15,20H,10-13,16H2,1-2H3,(H,26,30). The Bertz CT molecular complexity index is 1030. The maximum absolute atomic E-state index is 12.8. The zero-order valence-corrected chi connectivity index (χ0v) is 18.2. The minimum atomic E-state index is -0.151. The van der Waals surface area contributed by atoms with Crippen LogP contribution in [0.4, 0.5) is 0 Å². The van der Waals surface area contributed by atoms with E-state index in [0.717, 1.165) is 43.1 Å². The van der Waals surface area contributed by atoms with Crippen molar-refractivity contribution in [3.05, 3.63) is 82.1 Å². The quantitative estimate of drug-likeness (QED) is 0.642. The molecule has 0 spiro atoms. The smallest absolute Gasteiger partial charge is 0.252 e. The Kier molecular flexibility index (Phi) is 6.21. The van der Waals surface area contributed by atoms with Crippen molar-refractivity contribution in [1.29, 1.82) is 0 Å². The number of likely N-dealkylation sites (tertiary alicyclic amines) is 1. The first-order chi connectivity index (χ1) is 14.5. The summed E-state index contributed by atoms with van der Waals surface area (Å²) in [6.07, 6.45) is 1.16. The van der Waals surface area contributed by atoms with Crippen molar-refractivity contribution >= 4 is 17.5 Å². The lowest BCUT2D eigenvalue weighted by Crippen LogP contribution is -2.34. The molecular weight excluding hydrogens is 396 g/mol. The average Bonchev–Trinajstić information content (AvgIpc) is 3.35. The van der Waals surface area contributed by atoms with Gasteiger partial charge in [0.1, 0.15) is 0 Å². The van der Waals surface area contributed by atoms with Crippen molar-refractivity contribution < 1.29 is 4.79 Å². The predicted molar refractivity (Wildman–Crippen MR) is 121 cm³/mol. The number of nitrogens with zero attached hydrogens (tertiary/aromatic N) is 3. The number of nitrogens with one attached hydrogen (secondary N) is 1. The first-order valence-electron chi connectivity index (χ1n) is 10.4. The summed E-state index contributed by atoms with van der Waals surface area (Å²) in [5.41, 5.74) is 4.67. The van der Waals surface area contributed by atoms with Gasteiger partial charge < -0.3 is 10.2 Å². The average molecular weight is 423 g/mol. The molecule has 1 unspecified atom stereocenters. The molecule has 4 rings (SSSR count). The largest absolute Gasteiger partial charge is 0.351 e. The highest BCUT2D eigenvalue weighted by molar-refractivity contribution is 6.33. The van der Waals surface area contributed by atoms with Crippen LogP contribution in [0.5, 0.6) is 0 Å². The first kappa shape index (κ1) is 20.6. The Hall–Kier alpha value is -2.63. The van der Waals surface area contributed by atoms with Crippen LogP contribution in [-0.2, 0) is 0 Å². The number of hydrogen-bond acceptors (Lipinski definition) is 3. The summed E-state index contributed by atoms with van der Waals surface area (Å²) in [6.45, 7) is 7.48. The number of carbonyl (C=O) groups excluding carboxylic acids is 1. The molecule has 1 aliphatic heterocycles. The summed E-state index contributed by atoms with van der Waals surface area (Å²) in [7, 11) is 0. The van der Waals surface area contributed by atoms with E-state index in [1.54, 1.807) is 12.1 Å². The zero-order valence-electron chi connectivity index (χ0n) is 17.4. The third-order valence-corrected chi connectivity index (χ3v) is 6.04. The number of benzene rings is 2. The molecule has 3 aromatic rings. The molecular formula is C24H27ClN4O. The van der Waals surface area contributed by atoms with E-state index in [-0.39, 0.29) is 5.91 Å². The zero-order chi connectivity index (χ0) is 21.1. The molecule has 2 heterocycles. The van der Waals surface area contributed by atoms with Gasteiger partial charge in [0.15, 0.2) is 0 Å². The third kappa shape index (κ3) is 4.58. The molecule has 6 heteroatoms. The number of hydrogen-bond donors (Lipinski definition) is 1. The summed E-state index contributed by atoms with van der Waals surface area (Å²) in [5, 5.41) is 7.96. The van der Waals surface area contributed by atoms with Gasteiger partial charge >= 0.3 is 0 Å². The van der Waals surface area contributed by atoms with Gasteiger partial charge in [-0.15, -0.1) is 0 Å². The van der Waals surface area contributed by atoms with Crippen LogP contribution in [0.2, 0.25) is 5.02 Å². The normalized spacial score (nSPS) is 16.7. The van der Waals surface area contributed by atoms with Crippen LogP contribution in [0, 0.1) is 13.8 Å². The molecule has 1 fully saturated rings. The maximum Gasteiger partial charge on any atom is 0.252 e. The Morgan fingerprint density at radius 3 is 2.70 bits per heavy atom. The molecule has 1 saturated heterocycles. The van der Waals surface area contributed by atoms with Crippen LogP contribution in [0.1, 0.15) is 39.6 Å². The number of amides is 1. The van der Waals surface area contributed by atoms with E-state index >= 15 is 0 Å². The van der Waals surface area contributed by atoms with Gasteiger partial charge in [-0.05, 0) is 62.6 Å². The first-order valence-corrected chi connectivity index (χ1v) is 10.8. The predicted octanol–water partition coefficient (Wildman–Crippen LogP) is 4.36. The fraction of sp³-hybridized carbons (Fsp3) is 0.333. The van der Waals surface area contributed by atoms with Gasteiger partial charge in [-0.1, -0.05) is 41.9 Å².